The van der Waals surface area contributed by atoms with Crippen molar-refractivity contribution in [1.82, 2.24) is 0 Å². The van der Waals surface area contributed by atoms with Crippen molar-refractivity contribution in [2.75, 3.05) is 6.07 Å². The van der Waals surface area contributed by atoms with Gasteiger partial charge in [-0.15, -0.1) is 0 Å². The van der Waals surface area contributed by atoms with E-state index >= 15 is 0 Å². The molecule has 0 spiro atoms. The Bertz CT molecular complexity index is 187. The summed E-state index contributed by atoms with van der Waals surface area (Å²) in [4.78, 5) is 0. The number of ether oxygens (including phenoxy) is 1. The summed E-state index contributed by atoms with van der Waals surface area (Å²) >= 11 is 5.65. The molecular weight excluding hydrogens is 220 g/mol. The molecule has 2 fully saturated rings. The van der Waals surface area contributed by atoms with Gasteiger partial charge in [-0.1, -0.05) is 56.5 Å². The second-order valence-corrected chi connectivity index (χ2v) is 5.89. The normalized spacial score (nSPS) is 32.8. The van der Waals surface area contributed by atoms with E-state index in [1.54, 1.807) is 0 Å². The number of alkyl halides is 1. The molecule has 2 unspecified atom stereocenters. The molecule has 2 rings (SSSR count). The van der Waals surface area contributed by atoms with Gasteiger partial charge in [-0.2, -0.15) is 0 Å². The molecule has 2 saturated carbocycles. The lowest BCUT2D eigenvalue weighted by Gasteiger charge is -2.32. The Morgan fingerprint density at radius 2 is 1.62 bits per heavy atom. The first kappa shape index (κ1) is 12.7. The summed E-state index contributed by atoms with van der Waals surface area (Å²) in [5.74, 6) is 1.94. The molecule has 2 atom stereocenters. The number of rotatable bonds is 4. The zero-order valence-electron chi connectivity index (χ0n) is 10.3. The Kier molecular flexibility index (Phi) is 5.44. The lowest BCUT2D eigenvalue weighted by atomic mass is 9.77. The summed E-state index contributed by atoms with van der Waals surface area (Å²) in [6.45, 7) is 0. The van der Waals surface area contributed by atoms with Crippen molar-refractivity contribution < 1.29 is 4.74 Å². The van der Waals surface area contributed by atoms with Crippen LogP contribution < -0.4 is 0 Å². The van der Waals surface area contributed by atoms with Gasteiger partial charge in [-0.3, -0.25) is 0 Å². The predicted molar refractivity (Wildman–Crippen MR) is 68.7 cm³/mol. The Morgan fingerprint density at radius 3 is 2.38 bits per heavy atom. The highest BCUT2D eigenvalue weighted by Crippen LogP contribution is 2.35. The molecule has 2 aliphatic rings. The van der Waals surface area contributed by atoms with Gasteiger partial charge in [-0.05, 0) is 31.1 Å². The first-order valence-electron chi connectivity index (χ1n) is 7.06. The number of hydrogen-bond donors (Lipinski definition) is 0. The van der Waals surface area contributed by atoms with Crippen molar-refractivity contribution in [2.24, 2.45) is 11.8 Å². The molecule has 0 bridgehead atoms. The van der Waals surface area contributed by atoms with Crippen molar-refractivity contribution in [3.63, 3.8) is 0 Å². The van der Waals surface area contributed by atoms with E-state index in [4.69, 9.17) is 16.3 Å². The van der Waals surface area contributed by atoms with E-state index in [9.17, 15) is 0 Å². The fourth-order valence-electron chi connectivity index (χ4n) is 3.59. The minimum Gasteiger partial charge on any atom is -0.362 e. The quantitative estimate of drug-likeness (QED) is 0.650. The Hall–Kier alpha value is 0.250. The van der Waals surface area contributed by atoms with Crippen molar-refractivity contribution in [1.29, 1.82) is 0 Å². The molecule has 2 heteroatoms. The molecule has 0 aromatic heterocycles. The second kappa shape index (κ2) is 6.86. The van der Waals surface area contributed by atoms with E-state index in [0.29, 0.717) is 12.2 Å². The minimum absolute atomic E-state index is 0.376. The van der Waals surface area contributed by atoms with Crippen LogP contribution in [0.1, 0.15) is 64.2 Å². The standard InChI is InChI=1S/C14H25ClO/c15-11-16-14-8-4-7-13(10-14)9-12-5-2-1-3-6-12/h12-14H,1-11H2. The number of halogens is 1. The van der Waals surface area contributed by atoms with Gasteiger partial charge in [0.1, 0.15) is 6.07 Å². The van der Waals surface area contributed by atoms with Crippen molar-refractivity contribution in [3.8, 4) is 0 Å². The Labute approximate surface area is 105 Å². The monoisotopic (exact) mass is 244 g/mol. The maximum Gasteiger partial charge on any atom is 0.121 e. The first-order chi connectivity index (χ1) is 7.88. The molecule has 2 aliphatic carbocycles. The maximum absolute atomic E-state index is 5.65. The molecule has 0 aromatic carbocycles. The van der Waals surface area contributed by atoms with Crippen LogP contribution in [-0.2, 0) is 4.74 Å². The van der Waals surface area contributed by atoms with Crippen LogP contribution in [0.4, 0.5) is 0 Å². The van der Waals surface area contributed by atoms with Gasteiger partial charge in [0.2, 0.25) is 0 Å². The van der Waals surface area contributed by atoms with Crippen molar-refractivity contribution >= 4 is 11.6 Å². The van der Waals surface area contributed by atoms with Crippen LogP contribution in [0, 0.1) is 11.8 Å². The fourth-order valence-corrected chi connectivity index (χ4v) is 3.77. The molecule has 16 heavy (non-hydrogen) atoms. The molecule has 0 radical (unpaired) electrons. The largest absolute Gasteiger partial charge is 0.362 e. The van der Waals surface area contributed by atoms with E-state index in [-0.39, 0.29) is 0 Å². The summed E-state index contributed by atoms with van der Waals surface area (Å²) in [6, 6.07) is 0.376. The van der Waals surface area contributed by atoms with Crippen LogP contribution >= 0.6 is 11.6 Å². The fraction of sp³-hybridized carbons (Fsp3) is 1.00. The van der Waals surface area contributed by atoms with E-state index in [1.165, 1.54) is 64.2 Å². The zero-order valence-corrected chi connectivity index (χ0v) is 11.1. The third-order valence-corrected chi connectivity index (χ3v) is 4.55. The van der Waals surface area contributed by atoms with Crippen LogP contribution in [0.25, 0.3) is 0 Å². The van der Waals surface area contributed by atoms with Crippen molar-refractivity contribution in [3.05, 3.63) is 0 Å². The van der Waals surface area contributed by atoms with E-state index in [2.05, 4.69) is 0 Å². The van der Waals surface area contributed by atoms with Crippen LogP contribution in [0.2, 0.25) is 0 Å². The lowest BCUT2D eigenvalue weighted by molar-refractivity contribution is 0.0330. The molecule has 0 amide bonds. The van der Waals surface area contributed by atoms with Gasteiger partial charge in [-0.25, -0.2) is 0 Å². The molecule has 1 nitrogen and oxygen atoms in total. The van der Waals surface area contributed by atoms with Gasteiger partial charge in [0.05, 0.1) is 6.10 Å². The van der Waals surface area contributed by atoms with Crippen LogP contribution in [-0.4, -0.2) is 12.2 Å². The zero-order chi connectivity index (χ0) is 11.2. The maximum atomic E-state index is 5.65. The lowest BCUT2D eigenvalue weighted by Crippen LogP contribution is -2.24. The predicted octanol–water partition coefficient (Wildman–Crippen LogP) is 4.73. The van der Waals surface area contributed by atoms with Crippen molar-refractivity contribution in [2.45, 2.75) is 70.3 Å². The van der Waals surface area contributed by atoms with Gasteiger partial charge < -0.3 is 4.74 Å². The third-order valence-electron chi connectivity index (χ3n) is 4.42. The Morgan fingerprint density at radius 1 is 0.875 bits per heavy atom. The minimum atomic E-state index is 0.376. The average molecular weight is 245 g/mol. The molecule has 0 aliphatic heterocycles. The van der Waals surface area contributed by atoms with E-state index < -0.39 is 0 Å². The molecule has 94 valence electrons. The Balaban J connectivity index is 1.71. The van der Waals surface area contributed by atoms with Gasteiger partial charge in [0.15, 0.2) is 0 Å². The first-order valence-corrected chi connectivity index (χ1v) is 7.59. The highest BCUT2D eigenvalue weighted by Gasteiger charge is 2.25. The summed E-state index contributed by atoms with van der Waals surface area (Å²) in [5.41, 5.74) is 0. The smallest absolute Gasteiger partial charge is 0.121 e. The van der Waals surface area contributed by atoms with E-state index in [1.807, 2.05) is 0 Å². The SMILES string of the molecule is ClCOC1CCCC(CC2CCCCC2)C1. The van der Waals surface area contributed by atoms with Crippen LogP contribution in [0.15, 0.2) is 0 Å². The third kappa shape index (κ3) is 3.92. The molecule has 0 aromatic rings. The van der Waals surface area contributed by atoms with Crippen LogP contribution in [0.5, 0.6) is 0 Å². The van der Waals surface area contributed by atoms with Crippen LogP contribution in [0.3, 0.4) is 0 Å². The second-order valence-electron chi connectivity index (χ2n) is 5.67. The molecule has 0 saturated heterocycles. The number of hydrogen-bond acceptors (Lipinski definition) is 1. The van der Waals surface area contributed by atoms with Gasteiger partial charge >= 0.3 is 0 Å². The summed E-state index contributed by atoms with van der Waals surface area (Å²) < 4.78 is 5.57. The molecule has 0 heterocycles. The molecule has 0 N–H and O–H groups in total. The van der Waals surface area contributed by atoms with E-state index in [0.717, 1.165) is 11.8 Å². The highest BCUT2D eigenvalue weighted by molar-refractivity contribution is 6.17. The average Bonchev–Trinajstić information content (AvgIpc) is 2.31. The highest BCUT2D eigenvalue weighted by atomic mass is 35.5. The topological polar surface area (TPSA) is 9.23 Å². The summed E-state index contributed by atoms with van der Waals surface area (Å²) in [6.07, 6.45) is 14.6. The molecular formula is C14H25ClO. The summed E-state index contributed by atoms with van der Waals surface area (Å²) in [7, 11) is 0. The van der Waals surface area contributed by atoms with Gasteiger partial charge in [0, 0.05) is 0 Å². The van der Waals surface area contributed by atoms with Gasteiger partial charge in [0.25, 0.3) is 0 Å². The summed E-state index contributed by atoms with van der Waals surface area (Å²) in [5, 5.41) is 0.